The lowest BCUT2D eigenvalue weighted by Gasteiger charge is -2.03. The Balaban J connectivity index is 0.00000156. The Morgan fingerprint density at radius 1 is 1.22 bits per heavy atom. The van der Waals surface area contributed by atoms with Crippen LogP contribution in [-0.4, -0.2) is 26.4 Å². The third-order valence-corrected chi connectivity index (χ3v) is 4.45. The highest BCUT2D eigenvalue weighted by Gasteiger charge is 2.11. The van der Waals surface area contributed by atoms with E-state index in [1.54, 1.807) is 28.1 Å². The van der Waals surface area contributed by atoms with Gasteiger partial charge in [0.25, 0.3) is 0 Å². The van der Waals surface area contributed by atoms with Gasteiger partial charge in [0.05, 0.1) is 22.3 Å². The first-order chi connectivity index (χ1) is 10.6. The topological polar surface area (TPSA) is 55.1 Å². The highest BCUT2D eigenvalue weighted by atomic mass is 35.5. The molecule has 0 fully saturated rings. The van der Waals surface area contributed by atoms with Crippen LogP contribution in [0, 0.1) is 12.7 Å². The Labute approximate surface area is 141 Å². The number of nitrogens with one attached hydrogen (secondary N) is 1. The van der Waals surface area contributed by atoms with Crippen molar-refractivity contribution in [1.29, 1.82) is 0 Å². The van der Waals surface area contributed by atoms with E-state index in [1.807, 2.05) is 26.2 Å². The van der Waals surface area contributed by atoms with Crippen LogP contribution >= 0.6 is 23.7 Å². The van der Waals surface area contributed by atoms with Crippen LogP contribution in [0.4, 0.5) is 9.52 Å². The number of thiazole rings is 1. The molecule has 118 valence electrons. The lowest BCUT2D eigenvalue weighted by Crippen LogP contribution is -1.92. The van der Waals surface area contributed by atoms with Gasteiger partial charge in [-0.15, -0.1) is 12.4 Å². The SMILES string of the molecule is CNc1nc2cnc(-c3cc(F)c4nc(C)cn4c3)cc2s1.Cl. The van der Waals surface area contributed by atoms with Gasteiger partial charge < -0.3 is 9.72 Å². The third-order valence-electron chi connectivity index (χ3n) is 3.41. The molecule has 5 nitrogen and oxygen atoms in total. The van der Waals surface area contributed by atoms with Crippen LogP contribution in [0.5, 0.6) is 0 Å². The molecule has 0 aliphatic heterocycles. The van der Waals surface area contributed by atoms with Crippen LogP contribution < -0.4 is 5.32 Å². The monoisotopic (exact) mass is 349 g/mol. The van der Waals surface area contributed by atoms with E-state index in [4.69, 9.17) is 0 Å². The number of aryl methyl sites for hydroxylation is 1. The summed E-state index contributed by atoms with van der Waals surface area (Å²) in [5, 5.41) is 3.85. The fourth-order valence-electron chi connectivity index (χ4n) is 2.42. The summed E-state index contributed by atoms with van der Waals surface area (Å²) in [5.74, 6) is -0.354. The van der Waals surface area contributed by atoms with E-state index in [9.17, 15) is 4.39 Å². The second-order valence-corrected chi connectivity index (χ2v) is 6.03. The number of fused-ring (bicyclic) bond motifs is 2. The first-order valence-electron chi connectivity index (χ1n) is 6.73. The molecule has 0 bridgehead atoms. The summed E-state index contributed by atoms with van der Waals surface area (Å²) >= 11 is 1.54. The number of anilines is 1. The van der Waals surface area contributed by atoms with Gasteiger partial charge in [0, 0.05) is 25.0 Å². The number of nitrogens with zero attached hydrogens (tertiary/aromatic N) is 4. The minimum atomic E-state index is -0.354. The molecule has 4 rings (SSSR count). The number of pyridine rings is 2. The molecule has 1 N–H and O–H groups in total. The number of halogens is 2. The molecule has 0 radical (unpaired) electrons. The van der Waals surface area contributed by atoms with Crippen molar-refractivity contribution in [3.05, 3.63) is 42.2 Å². The normalized spacial score (nSPS) is 10.9. The van der Waals surface area contributed by atoms with Gasteiger partial charge in [0.1, 0.15) is 5.52 Å². The second-order valence-electron chi connectivity index (χ2n) is 5.00. The van der Waals surface area contributed by atoms with Gasteiger partial charge in [-0.2, -0.15) is 0 Å². The Hall–Kier alpha value is -2.25. The average molecular weight is 350 g/mol. The van der Waals surface area contributed by atoms with E-state index in [1.165, 1.54) is 6.07 Å². The number of imidazole rings is 1. The van der Waals surface area contributed by atoms with Gasteiger partial charge in [0.15, 0.2) is 16.6 Å². The minimum Gasteiger partial charge on any atom is -0.365 e. The van der Waals surface area contributed by atoms with Crippen molar-refractivity contribution in [2.75, 3.05) is 12.4 Å². The van der Waals surface area contributed by atoms with Crippen molar-refractivity contribution in [3.63, 3.8) is 0 Å². The Morgan fingerprint density at radius 3 is 2.83 bits per heavy atom. The van der Waals surface area contributed by atoms with Crippen LogP contribution in [0.1, 0.15) is 5.69 Å². The predicted molar refractivity (Wildman–Crippen MR) is 93.1 cm³/mol. The molecule has 0 saturated carbocycles. The first-order valence-corrected chi connectivity index (χ1v) is 7.55. The lowest BCUT2D eigenvalue weighted by atomic mass is 10.2. The zero-order valence-electron chi connectivity index (χ0n) is 12.4. The highest BCUT2D eigenvalue weighted by molar-refractivity contribution is 7.22. The maximum absolute atomic E-state index is 14.2. The Morgan fingerprint density at radius 2 is 2.04 bits per heavy atom. The van der Waals surface area contributed by atoms with E-state index in [0.29, 0.717) is 16.9 Å². The van der Waals surface area contributed by atoms with E-state index in [2.05, 4.69) is 20.3 Å². The van der Waals surface area contributed by atoms with Gasteiger partial charge in [-0.3, -0.25) is 4.98 Å². The molecule has 8 heteroatoms. The molecule has 0 aliphatic rings. The zero-order valence-corrected chi connectivity index (χ0v) is 14.0. The molecule has 4 aromatic heterocycles. The summed E-state index contributed by atoms with van der Waals surface area (Å²) in [6, 6.07) is 3.40. The third kappa shape index (κ3) is 2.62. The van der Waals surface area contributed by atoms with E-state index >= 15 is 0 Å². The number of rotatable bonds is 2. The summed E-state index contributed by atoms with van der Waals surface area (Å²) in [5.41, 5.74) is 3.37. The van der Waals surface area contributed by atoms with Crippen molar-refractivity contribution < 1.29 is 4.39 Å². The van der Waals surface area contributed by atoms with Gasteiger partial charge in [-0.25, -0.2) is 14.4 Å². The molecular weight excluding hydrogens is 337 g/mol. The minimum absolute atomic E-state index is 0. The van der Waals surface area contributed by atoms with Crippen molar-refractivity contribution in [1.82, 2.24) is 19.4 Å². The molecular formula is C15H13ClFN5S. The zero-order chi connectivity index (χ0) is 15.3. The summed E-state index contributed by atoms with van der Waals surface area (Å²) < 4.78 is 16.9. The van der Waals surface area contributed by atoms with Crippen molar-refractivity contribution in [2.45, 2.75) is 6.92 Å². The van der Waals surface area contributed by atoms with Gasteiger partial charge in [0.2, 0.25) is 0 Å². The molecule has 4 heterocycles. The maximum atomic E-state index is 14.2. The largest absolute Gasteiger partial charge is 0.365 e. The average Bonchev–Trinajstić information content (AvgIpc) is 3.08. The molecule has 0 amide bonds. The van der Waals surface area contributed by atoms with Crippen LogP contribution in [0.3, 0.4) is 0 Å². The quantitative estimate of drug-likeness (QED) is 0.596. The Kier molecular flexibility index (Phi) is 3.91. The fraction of sp³-hybridized carbons (Fsp3) is 0.133. The summed E-state index contributed by atoms with van der Waals surface area (Å²) in [6.07, 6.45) is 5.35. The van der Waals surface area contributed by atoms with Crippen LogP contribution in [0.2, 0.25) is 0 Å². The van der Waals surface area contributed by atoms with E-state index in [0.717, 1.165) is 21.0 Å². The smallest absolute Gasteiger partial charge is 0.183 e. The number of aromatic nitrogens is 4. The Bertz CT molecular complexity index is 1010. The molecule has 4 aromatic rings. The molecule has 23 heavy (non-hydrogen) atoms. The van der Waals surface area contributed by atoms with E-state index in [-0.39, 0.29) is 18.2 Å². The molecule has 0 saturated heterocycles. The molecule has 0 unspecified atom stereocenters. The molecule has 0 atom stereocenters. The summed E-state index contributed by atoms with van der Waals surface area (Å²) in [4.78, 5) is 13.0. The molecule has 0 spiro atoms. The highest BCUT2D eigenvalue weighted by Crippen LogP contribution is 2.29. The maximum Gasteiger partial charge on any atom is 0.183 e. The van der Waals surface area contributed by atoms with E-state index < -0.39 is 0 Å². The van der Waals surface area contributed by atoms with Crippen molar-refractivity contribution in [3.8, 4) is 11.3 Å². The van der Waals surface area contributed by atoms with Gasteiger partial charge in [-0.05, 0) is 19.1 Å². The predicted octanol–water partition coefficient (Wildman–Crippen LogP) is 3.92. The van der Waals surface area contributed by atoms with Crippen molar-refractivity contribution >= 4 is 44.7 Å². The summed E-state index contributed by atoms with van der Waals surface area (Å²) in [7, 11) is 1.83. The molecule has 0 aliphatic carbocycles. The number of hydrogen-bond donors (Lipinski definition) is 1. The first kappa shape index (κ1) is 15.6. The van der Waals surface area contributed by atoms with Crippen LogP contribution in [-0.2, 0) is 0 Å². The molecule has 0 aromatic carbocycles. The van der Waals surface area contributed by atoms with Crippen LogP contribution in [0.15, 0.2) is 30.7 Å². The fourth-order valence-corrected chi connectivity index (χ4v) is 3.24. The second kappa shape index (κ2) is 5.75. The van der Waals surface area contributed by atoms with Crippen molar-refractivity contribution in [2.24, 2.45) is 0 Å². The standard InChI is InChI=1S/C15H12FN5S.ClH/c1-8-6-21-7-9(3-10(16)14(21)19-8)11-4-13-12(5-18-11)20-15(17-2)22-13;/h3-7H,1-2H3,(H,17,20);1H. The lowest BCUT2D eigenvalue weighted by molar-refractivity contribution is 0.630. The number of hydrogen-bond acceptors (Lipinski definition) is 5. The summed E-state index contributed by atoms with van der Waals surface area (Å²) in [6.45, 7) is 1.84. The van der Waals surface area contributed by atoms with Gasteiger partial charge >= 0.3 is 0 Å². The van der Waals surface area contributed by atoms with Crippen LogP contribution in [0.25, 0.3) is 27.1 Å². The van der Waals surface area contributed by atoms with Gasteiger partial charge in [-0.1, -0.05) is 11.3 Å².